The van der Waals surface area contributed by atoms with Crippen LogP contribution in [-0.4, -0.2) is 96.7 Å². The zero-order valence-electron chi connectivity index (χ0n) is 65.0. The number of ether oxygens (including phenoxy) is 4. The van der Waals surface area contributed by atoms with Gasteiger partial charge in [0.05, 0.1) is 26.4 Å². The van der Waals surface area contributed by atoms with Crippen LogP contribution in [-0.2, 0) is 65.4 Å². The summed E-state index contributed by atoms with van der Waals surface area (Å²) in [5.74, 6) is 0.117. The molecule has 0 amide bonds. The Bertz CT molecular complexity index is 1920. The van der Waals surface area contributed by atoms with Gasteiger partial charge in [-0.2, -0.15) is 0 Å². The summed E-state index contributed by atoms with van der Waals surface area (Å²) >= 11 is 0. The van der Waals surface area contributed by atoms with Crippen molar-refractivity contribution in [3.63, 3.8) is 0 Å². The Kier molecular flexibility index (Phi) is 69.0. The first-order valence-corrected chi connectivity index (χ1v) is 44.3. The molecule has 588 valence electrons. The Morgan fingerprint density at radius 2 is 0.465 bits per heavy atom. The second-order valence-electron chi connectivity index (χ2n) is 30.2. The normalized spacial score (nSPS) is 14.0. The smallest absolute Gasteiger partial charge is 0.462 e. The molecule has 0 saturated heterocycles. The van der Waals surface area contributed by atoms with Gasteiger partial charge < -0.3 is 33.8 Å². The molecule has 0 aromatic heterocycles. The van der Waals surface area contributed by atoms with E-state index >= 15 is 0 Å². The first-order valence-electron chi connectivity index (χ1n) is 41.3. The van der Waals surface area contributed by atoms with Crippen LogP contribution in [0.2, 0.25) is 0 Å². The molecule has 5 atom stereocenters. The number of carbonyl (C=O) groups is 4. The van der Waals surface area contributed by atoms with E-state index < -0.39 is 97.5 Å². The molecule has 0 aliphatic heterocycles. The van der Waals surface area contributed by atoms with E-state index in [1.165, 1.54) is 218 Å². The van der Waals surface area contributed by atoms with Crippen LogP contribution in [0.25, 0.3) is 0 Å². The van der Waals surface area contributed by atoms with E-state index in [1.54, 1.807) is 0 Å². The third-order valence-electron chi connectivity index (χ3n) is 18.6. The highest BCUT2D eigenvalue weighted by atomic mass is 31.2. The van der Waals surface area contributed by atoms with Crippen molar-refractivity contribution in [3.05, 3.63) is 0 Å². The standard InChI is InChI=1S/C80H156O17P2/c1-8-9-10-11-12-13-14-15-16-17-18-19-20-21-22-25-29-34-41-49-56-63-79(84)96-75(67-90-77(82)61-54-47-40-33-28-26-23-24-27-31-37-44-51-58-71(2)3)69-94-98(86,87)92-65-74(81)66-93-99(88,89)95-70-76(68-91-78(83)62-55-48-43-36-39-46-53-60-73(6)7)97-80(85)64-57-50-42-35-30-32-38-45-52-59-72(4)5/h71-76,81H,8-70H2,1-7H3,(H,86,87)(H,88,89)/t74-,75-,76-/m1/s1. The van der Waals surface area contributed by atoms with Crippen molar-refractivity contribution in [2.45, 2.75) is 433 Å². The van der Waals surface area contributed by atoms with E-state index in [4.69, 9.17) is 37.0 Å². The lowest BCUT2D eigenvalue weighted by atomic mass is 10.0. The minimum absolute atomic E-state index is 0.105. The third kappa shape index (κ3) is 74.1. The minimum atomic E-state index is -4.96. The van der Waals surface area contributed by atoms with Crippen LogP contribution in [0.1, 0.15) is 414 Å². The molecule has 0 rings (SSSR count). The van der Waals surface area contributed by atoms with Crippen LogP contribution in [0.3, 0.4) is 0 Å². The Hall–Kier alpha value is -1.94. The summed E-state index contributed by atoms with van der Waals surface area (Å²) in [5, 5.41) is 10.6. The summed E-state index contributed by atoms with van der Waals surface area (Å²) in [6, 6.07) is 0. The molecule has 0 aliphatic carbocycles. The second-order valence-corrected chi connectivity index (χ2v) is 33.1. The van der Waals surface area contributed by atoms with Gasteiger partial charge in [0.25, 0.3) is 0 Å². The first kappa shape index (κ1) is 97.1. The SMILES string of the molecule is CCCCCCCCCCCCCCCCCCCCCCCC(=O)O[C@H](COC(=O)CCCCCCCCCCCCCCCC(C)C)COP(=O)(O)OC[C@@H](O)COP(=O)(O)OC[C@@H](COC(=O)CCCCCCCCCC(C)C)OC(=O)CCCCCCCCCCCC(C)C. The number of esters is 4. The lowest BCUT2D eigenvalue weighted by Gasteiger charge is -2.21. The Morgan fingerprint density at radius 3 is 0.687 bits per heavy atom. The summed E-state index contributed by atoms with van der Waals surface area (Å²) in [4.78, 5) is 72.9. The van der Waals surface area contributed by atoms with E-state index in [-0.39, 0.29) is 25.7 Å². The average Bonchev–Trinajstić information content (AvgIpc) is 1.12. The molecule has 0 spiro atoms. The fourth-order valence-corrected chi connectivity index (χ4v) is 13.9. The van der Waals surface area contributed by atoms with E-state index in [0.29, 0.717) is 31.6 Å². The summed E-state index contributed by atoms with van der Waals surface area (Å²) in [7, 11) is -9.92. The lowest BCUT2D eigenvalue weighted by molar-refractivity contribution is -0.161. The molecule has 19 heteroatoms. The van der Waals surface area contributed by atoms with Gasteiger partial charge in [0.2, 0.25) is 0 Å². The lowest BCUT2D eigenvalue weighted by Crippen LogP contribution is -2.30. The second kappa shape index (κ2) is 70.4. The number of rotatable bonds is 78. The number of hydrogen-bond donors (Lipinski definition) is 3. The van der Waals surface area contributed by atoms with Crippen LogP contribution in [0.5, 0.6) is 0 Å². The highest BCUT2D eigenvalue weighted by Crippen LogP contribution is 2.45. The van der Waals surface area contributed by atoms with Gasteiger partial charge >= 0.3 is 39.5 Å². The molecule has 3 N–H and O–H groups in total. The van der Waals surface area contributed by atoms with Crippen molar-refractivity contribution in [2.75, 3.05) is 39.6 Å². The molecule has 99 heavy (non-hydrogen) atoms. The molecule has 0 fully saturated rings. The number of carbonyl (C=O) groups excluding carboxylic acids is 4. The van der Waals surface area contributed by atoms with Gasteiger partial charge in [-0.1, -0.05) is 363 Å². The topological polar surface area (TPSA) is 237 Å². The molecule has 2 unspecified atom stereocenters. The van der Waals surface area contributed by atoms with Gasteiger partial charge in [0, 0.05) is 25.7 Å². The highest BCUT2D eigenvalue weighted by Gasteiger charge is 2.30. The van der Waals surface area contributed by atoms with Gasteiger partial charge in [-0.3, -0.25) is 37.3 Å². The number of phosphoric ester groups is 2. The van der Waals surface area contributed by atoms with Gasteiger partial charge in [0.1, 0.15) is 19.3 Å². The zero-order chi connectivity index (χ0) is 73.0. The predicted octanol–water partition coefficient (Wildman–Crippen LogP) is 23.7. The van der Waals surface area contributed by atoms with Crippen LogP contribution < -0.4 is 0 Å². The molecule has 17 nitrogen and oxygen atoms in total. The largest absolute Gasteiger partial charge is 0.472 e. The van der Waals surface area contributed by atoms with Crippen molar-refractivity contribution >= 4 is 39.5 Å². The van der Waals surface area contributed by atoms with Crippen molar-refractivity contribution in [2.24, 2.45) is 17.8 Å². The van der Waals surface area contributed by atoms with Crippen LogP contribution in [0.4, 0.5) is 0 Å². The summed E-state index contributed by atoms with van der Waals surface area (Å²) in [6.45, 7) is 11.9. The van der Waals surface area contributed by atoms with Gasteiger partial charge in [-0.25, -0.2) is 9.13 Å². The van der Waals surface area contributed by atoms with Crippen molar-refractivity contribution in [3.8, 4) is 0 Å². The molecular formula is C80H156O17P2. The van der Waals surface area contributed by atoms with Gasteiger partial charge in [-0.05, 0) is 43.4 Å². The maximum Gasteiger partial charge on any atom is 0.472 e. The number of unbranched alkanes of at least 4 members (excludes halogenated alkanes) is 46. The Morgan fingerprint density at radius 1 is 0.273 bits per heavy atom. The van der Waals surface area contributed by atoms with E-state index in [0.717, 1.165) is 108 Å². The molecule has 0 aromatic carbocycles. The highest BCUT2D eigenvalue weighted by molar-refractivity contribution is 7.47. The molecule has 0 aromatic rings. The van der Waals surface area contributed by atoms with E-state index in [1.807, 2.05) is 0 Å². The van der Waals surface area contributed by atoms with Crippen molar-refractivity contribution < 1.29 is 80.2 Å². The average molecular weight is 1450 g/mol. The molecular weight excluding hydrogens is 1290 g/mol. The molecule has 0 aliphatic rings. The number of hydrogen-bond acceptors (Lipinski definition) is 15. The third-order valence-corrected chi connectivity index (χ3v) is 20.5. The molecule has 0 heterocycles. The molecule has 0 saturated carbocycles. The van der Waals surface area contributed by atoms with Gasteiger partial charge in [0.15, 0.2) is 12.2 Å². The Labute approximate surface area is 607 Å². The molecule has 0 radical (unpaired) electrons. The van der Waals surface area contributed by atoms with E-state index in [2.05, 4.69) is 48.5 Å². The van der Waals surface area contributed by atoms with Gasteiger partial charge in [-0.15, -0.1) is 0 Å². The van der Waals surface area contributed by atoms with Crippen LogP contribution in [0.15, 0.2) is 0 Å². The number of aliphatic hydroxyl groups excluding tert-OH is 1. The minimum Gasteiger partial charge on any atom is -0.462 e. The predicted molar refractivity (Wildman–Crippen MR) is 405 cm³/mol. The molecule has 0 bridgehead atoms. The van der Waals surface area contributed by atoms with E-state index in [9.17, 15) is 43.2 Å². The maximum absolute atomic E-state index is 13.1. The summed E-state index contributed by atoms with van der Waals surface area (Å²) in [5.41, 5.74) is 0. The summed E-state index contributed by atoms with van der Waals surface area (Å²) in [6.07, 6.45) is 58.5. The Balaban J connectivity index is 5.22. The maximum atomic E-state index is 13.1. The van der Waals surface area contributed by atoms with Crippen LogP contribution >= 0.6 is 15.6 Å². The number of aliphatic hydroxyl groups is 1. The summed E-state index contributed by atoms with van der Waals surface area (Å²) < 4.78 is 68.6. The number of phosphoric acid groups is 2. The van der Waals surface area contributed by atoms with Crippen molar-refractivity contribution in [1.29, 1.82) is 0 Å². The van der Waals surface area contributed by atoms with Crippen molar-refractivity contribution in [1.82, 2.24) is 0 Å². The first-order chi connectivity index (χ1) is 47.7. The fraction of sp³-hybridized carbons (Fsp3) is 0.950. The quantitative estimate of drug-likeness (QED) is 0.0222. The monoisotopic (exact) mass is 1450 g/mol. The fourth-order valence-electron chi connectivity index (χ4n) is 12.3. The zero-order valence-corrected chi connectivity index (χ0v) is 66.8. The van der Waals surface area contributed by atoms with Crippen LogP contribution in [0, 0.1) is 17.8 Å².